The summed E-state index contributed by atoms with van der Waals surface area (Å²) in [5, 5.41) is 0. The summed E-state index contributed by atoms with van der Waals surface area (Å²) in [7, 11) is 0. The molecule has 0 aliphatic heterocycles. The average molecular weight is 331 g/mol. The van der Waals surface area contributed by atoms with Gasteiger partial charge in [0.15, 0.2) is 11.6 Å². The second kappa shape index (κ2) is 6.34. The molecule has 0 nitrogen and oxygen atoms in total. The highest BCUT2D eigenvalue weighted by Gasteiger charge is 2.30. The van der Waals surface area contributed by atoms with Crippen LogP contribution >= 0.6 is 15.9 Å². The molecule has 1 fully saturated rings. The summed E-state index contributed by atoms with van der Waals surface area (Å²) in [6, 6.07) is 4.28. The fourth-order valence-corrected chi connectivity index (χ4v) is 3.72. The molecule has 3 unspecified atom stereocenters. The molecule has 0 heterocycles. The van der Waals surface area contributed by atoms with Crippen LogP contribution in [-0.2, 0) is 6.42 Å². The topological polar surface area (TPSA) is 0 Å². The Bertz CT molecular complexity index is 431. The van der Waals surface area contributed by atoms with Gasteiger partial charge in [-0.15, -0.1) is 0 Å². The van der Waals surface area contributed by atoms with Crippen molar-refractivity contribution >= 4 is 15.9 Å². The quantitative estimate of drug-likeness (QED) is 0.656. The van der Waals surface area contributed by atoms with Gasteiger partial charge in [-0.1, -0.05) is 35.8 Å². The van der Waals surface area contributed by atoms with Crippen molar-refractivity contribution in [2.75, 3.05) is 0 Å². The fraction of sp³-hybridized carbons (Fsp3) is 0.625. The predicted molar refractivity (Wildman–Crippen MR) is 78.4 cm³/mol. The molecule has 0 radical (unpaired) electrons. The van der Waals surface area contributed by atoms with E-state index < -0.39 is 11.6 Å². The molecule has 0 saturated heterocycles. The Hall–Kier alpha value is -0.440. The SMILES string of the molecule is CC(C)C1CCC(Br)C(Cc2ccc(F)c(F)c2)C1. The lowest BCUT2D eigenvalue weighted by molar-refractivity contribution is 0.222. The summed E-state index contributed by atoms with van der Waals surface area (Å²) >= 11 is 3.75. The first kappa shape index (κ1) is 15.0. The molecular formula is C16H21BrF2. The van der Waals surface area contributed by atoms with Crippen LogP contribution in [0.15, 0.2) is 18.2 Å². The zero-order chi connectivity index (χ0) is 14.0. The van der Waals surface area contributed by atoms with Crippen molar-refractivity contribution in [2.24, 2.45) is 17.8 Å². The molecule has 2 rings (SSSR count). The van der Waals surface area contributed by atoms with E-state index in [1.54, 1.807) is 6.07 Å². The van der Waals surface area contributed by atoms with Gasteiger partial charge < -0.3 is 0 Å². The maximum absolute atomic E-state index is 13.2. The maximum Gasteiger partial charge on any atom is 0.159 e. The van der Waals surface area contributed by atoms with Crippen molar-refractivity contribution in [1.29, 1.82) is 0 Å². The predicted octanol–water partition coefficient (Wildman–Crippen LogP) is 5.34. The van der Waals surface area contributed by atoms with Crippen LogP contribution in [-0.4, -0.2) is 4.83 Å². The van der Waals surface area contributed by atoms with Gasteiger partial charge in [0.2, 0.25) is 0 Å². The Morgan fingerprint density at radius 2 is 1.95 bits per heavy atom. The monoisotopic (exact) mass is 330 g/mol. The molecule has 106 valence electrons. The molecule has 1 aliphatic carbocycles. The van der Waals surface area contributed by atoms with Gasteiger partial charge in [-0.05, 0) is 61.1 Å². The minimum atomic E-state index is -0.761. The Labute approximate surface area is 122 Å². The number of alkyl halides is 1. The highest BCUT2D eigenvalue weighted by molar-refractivity contribution is 9.09. The number of halogens is 3. The first-order chi connectivity index (χ1) is 8.97. The number of benzene rings is 1. The van der Waals surface area contributed by atoms with E-state index in [9.17, 15) is 8.78 Å². The van der Waals surface area contributed by atoms with Crippen LogP contribution < -0.4 is 0 Å². The van der Waals surface area contributed by atoms with Gasteiger partial charge in [-0.3, -0.25) is 0 Å². The third-order valence-electron chi connectivity index (χ3n) is 4.35. The molecule has 1 aromatic carbocycles. The van der Waals surface area contributed by atoms with E-state index in [1.165, 1.54) is 31.4 Å². The van der Waals surface area contributed by atoms with Gasteiger partial charge in [0.1, 0.15) is 0 Å². The van der Waals surface area contributed by atoms with Crippen LogP contribution in [0.2, 0.25) is 0 Å². The second-order valence-corrected chi connectivity index (χ2v) is 7.22. The van der Waals surface area contributed by atoms with Gasteiger partial charge in [-0.2, -0.15) is 0 Å². The minimum absolute atomic E-state index is 0.496. The molecular weight excluding hydrogens is 310 g/mol. The Kier molecular flexibility index (Phi) is 4.99. The van der Waals surface area contributed by atoms with Crippen molar-refractivity contribution in [3.8, 4) is 0 Å². The number of hydrogen-bond donors (Lipinski definition) is 0. The highest BCUT2D eigenvalue weighted by Crippen LogP contribution is 2.38. The molecule has 0 amide bonds. The number of rotatable bonds is 3. The molecule has 1 saturated carbocycles. The summed E-state index contributed by atoms with van der Waals surface area (Å²) < 4.78 is 26.2. The van der Waals surface area contributed by atoms with Crippen molar-refractivity contribution < 1.29 is 8.78 Å². The molecule has 3 atom stereocenters. The van der Waals surface area contributed by atoms with E-state index in [0.29, 0.717) is 16.7 Å². The van der Waals surface area contributed by atoms with Crippen molar-refractivity contribution in [1.82, 2.24) is 0 Å². The normalized spacial score (nSPS) is 27.8. The van der Waals surface area contributed by atoms with E-state index in [-0.39, 0.29) is 0 Å². The van der Waals surface area contributed by atoms with Crippen LogP contribution in [0.3, 0.4) is 0 Å². The molecule has 1 aliphatic rings. The first-order valence-corrected chi connectivity index (χ1v) is 7.97. The van der Waals surface area contributed by atoms with Gasteiger partial charge >= 0.3 is 0 Å². The lowest BCUT2D eigenvalue weighted by atomic mass is 9.74. The lowest BCUT2D eigenvalue weighted by Gasteiger charge is -2.35. The lowest BCUT2D eigenvalue weighted by Crippen LogP contribution is -2.29. The van der Waals surface area contributed by atoms with E-state index in [0.717, 1.165) is 17.9 Å². The first-order valence-electron chi connectivity index (χ1n) is 7.05. The van der Waals surface area contributed by atoms with E-state index in [4.69, 9.17) is 0 Å². The molecule has 19 heavy (non-hydrogen) atoms. The Morgan fingerprint density at radius 3 is 2.58 bits per heavy atom. The summed E-state index contributed by atoms with van der Waals surface area (Å²) in [5.41, 5.74) is 0.901. The van der Waals surface area contributed by atoms with Gasteiger partial charge in [-0.25, -0.2) is 8.78 Å². The summed E-state index contributed by atoms with van der Waals surface area (Å²) in [5.74, 6) is 0.477. The summed E-state index contributed by atoms with van der Waals surface area (Å²) in [4.78, 5) is 0.496. The Morgan fingerprint density at radius 1 is 1.21 bits per heavy atom. The number of hydrogen-bond acceptors (Lipinski definition) is 0. The molecule has 0 bridgehead atoms. The highest BCUT2D eigenvalue weighted by atomic mass is 79.9. The van der Waals surface area contributed by atoms with Crippen molar-refractivity contribution in [3.63, 3.8) is 0 Å². The van der Waals surface area contributed by atoms with E-state index >= 15 is 0 Å². The standard InChI is InChI=1S/C16H21BrF2/c1-10(2)12-4-5-14(17)13(9-12)7-11-3-6-15(18)16(19)8-11/h3,6,8,10,12-14H,4-5,7,9H2,1-2H3. The zero-order valence-electron chi connectivity index (χ0n) is 11.5. The third kappa shape index (κ3) is 3.77. The smallest absolute Gasteiger partial charge is 0.159 e. The second-order valence-electron chi connectivity index (χ2n) is 6.05. The van der Waals surface area contributed by atoms with Crippen molar-refractivity contribution in [2.45, 2.75) is 44.4 Å². The molecule has 3 heteroatoms. The van der Waals surface area contributed by atoms with Gasteiger partial charge in [0.25, 0.3) is 0 Å². The van der Waals surface area contributed by atoms with Crippen LogP contribution in [0.4, 0.5) is 8.78 Å². The third-order valence-corrected chi connectivity index (χ3v) is 5.56. The van der Waals surface area contributed by atoms with Crippen LogP contribution in [0.25, 0.3) is 0 Å². The summed E-state index contributed by atoms with van der Waals surface area (Å²) in [6.07, 6.45) is 4.45. The molecule has 0 N–H and O–H groups in total. The maximum atomic E-state index is 13.2. The largest absolute Gasteiger partial charge is 0.204 e. The minimum Gasteiger partial charge on any atom is -0.204 e. The Balaban J connectivity index is 2.05. The van der Waals surface area contributed by atoms with Gasteiger partial charge in [0, 0.05) is 4.83 Å². The fourth-order valence-electron chi connectivity index (χ4n) is 3.05. The van der Waals surface area contributed by atoms with Crippen LogP contribution in [0.5, 0.6) is 0 Å². The molecule has 1 aromatic rings. The molecule has 0 spiro atoms. The average Bonchev–Trinajstić information content (AvgIpc) is 2.36. The van der Waals surface area contributed by atoms with Crippen molar-refractivity contribution in [3.05, 3.63) is 35.4 Å². The molecule has 0 aromatic heterocycles. The summed E-state index contributed by atoms with van der Waals surface area (Å²) in [6.45, 7) is 4.54. The van der Waals surface area contributed by atoms with Gasteiger partial charge in [0.05, 0.1) is 0 Å². The van der Waals surface area contributed by atoms with E-state index in [2.05, 4.69) is 29.8 Å². The zero-order valence-corrected chi connectivity index (χ0v) is 13.1. The van der Waals surface area contributed by atoms with Crippen LogP contribution in [0.1, 0.15) is 38.7 Å². The van der Waals surface area contributed by atoms with E-state index in [1.807, 2.05) is 0 Å². The van der Waals surface area contributed by atoms with Crippen LogP contribution in [0, 0.1) is 29.4 Å².